The maximum atomic E-state index is 12.0. The Bertz CT molecular complexity index is 1050. The molecule has 0 aliphatic carbocycles. The number of carboxylic acid groups (broad SMARTS) is 1. The van der Waals surface area contributed by atoms with E-state index in [4.69, 9.17) is 25.8 Å². The van der Waals surface area contributed by atoms with E-state index in [2.05, 4.69) is 32.9 Å². The summed E-state index contributed by atoms with van der Waals surface area (Å²) in [6.45, 7) is 8.78. The van der Waals surface area contributed by atoms with Crippen LogP contribution in [0, 0.1) is 0 Å². The quantitative estimate of drug-likeness (QED) is 0.364. The molecule has 0 aliphatic heterocycles. The zero-order chi connectivity index (χ0) is 24.1. The van der Waals surface area contributed by atoms with E-state index in [1.165, 1.54) is 12.5 Å². The number of carbonyl (C=O) groups is 1. The largest absolute Gasteiger partial charge is 0.490 e. The smallest absolute Gasteiger partial charge is 0.352 e. The highest BCUT2D eigenvalue weighted by molar-refractivity contribution is 6.30. The summed E-state index contributed by atoms with van der Waals surface area (Å²) in [6, 6.07) is 21.5. The molecule has 0 heterocycles. The molecule has 3 rings (SSSR count). The van der Waals surface area contributed by atoms with E-state index in [0.29, 0.717) is 35.3 Å². The molecule has 3 aromatic carbocycles. The second-order valence-corrected chi connectivity index (χ2v) is 9.33. The zero-order valence-corrected chi connectivity index (χ0v) is 20.1. The van der Waals surface area contributed by atoms with Gasteiger partial charge in [-0.05, 0) is 66.4 Å². The summed E-state index contributed by atoms with van der Waals surface area (Å²) < 4.78 is 17.3. The number of hydrogen-bond donors (Lipinski definition) is 1. The van der Waals surface area contributed by atoms with Crippen molar-refractivity contribution < 1.29 is 24.1 Å². The standard InChI is InChI=1S/C27H29ClO5/c1-26(2,3)19-5-11-22(12-6-19)31-17-18-32-23-13-7-20(8-14-23)27(4,25(29)30)33-24-15-9-21(28)10-16-24/h5-16H,17-18H2,1-4H3,(H,29,30). The van der Waals surface area contributed by atoms with E-state index in [1.54, 1.807) is 48.5 Å². The van der Waals surface area contributed by atoms with Crippen LogP contribution in [0.5, 0.6) is 17.2 Å². The van der Waals surface area contributed by atoms with Crippen molar-refractivity contribution in [2.45, 2.75) is 38.7 Å². The Morgan fingerprint density at radius 2 is 1.15 bits per heavy atom. The molecular formula is C27H29ClO5. The molecule has 5 nitrogen and oxygen atoms in total. The molecule has 33 heavy (non-hydrogen) atoms. The topological polar surface area (TPSA) is 65.0 Å². The highest BCUT2D eigenvalue weighted by Gasteiger charge is 2.38. The van der Waals surface area contributed by atoms with Gasteiger partial charge in [0, 0.05) is 10.6 Å². The first-order valence-corrected chi connectivity index (χ1v) is 11.1. The third-order valence-corrected chi connectivity index (χ3v) is 5.54. The molecule has 0 aromatic heterocycles. The van der Waals surface area contributed by atoms with Crippen molar-refractivity contribution >= 4 is 17.6 Å². The number of benzene rings is 3. The second-order valence-electron chi connectivity index (χ2n) is 8.89. The average molecular weight is 469 g/mol. The van der Waals surface area contributed by atoms with Crippen LogP contribution in [0.3, 0.4) is 0 Å². The predicted molar refractivity (Wildman–Crippen MR) is 130 cm³/mol. The van der Waals surface area contributed by atoms with Crippen LogP contribution >= 0.6 is 11.6 Å². The molecular weight excluding hydrogens is 440 g/mol. The van der Waals surface area contributed by atoms with E-state index in [-0.39, 0.29) is 5.41 Å². The van der Waals surface area contributed by atoms with E-state index in [1.807, 2.05) is 12.1 Å². The van der Waals surface area contributed by atoms with E-state index < -0.39 is 11.6 Å². The summed E-state index contributed by atoms with van der Waals surface area (Å²) in [4.78, 5) is 12.0. The second kappa shape index (κ2) is 10.2. The number of ether oxygens (including phenoxy) is 3. The van der Waals surface area contributed by atoms with E-state index in [9.17, 15) is 9.90 Å². The van der Waals surface area contributed by atoms with Gasteiger partial charge in [-0.3, -0.25) is 0 Å². The van der Waals surface area contributed by atoms with Crippen molar-refractivity contribution in [3.63, 3.8) is 0 Å². The molecule has 0 spiro atoms. The van der Waals surface area contributed by atoms with Crippen LogP contribution in [0.2, 0.25) is 5.02 Å². The van der Waals surface area contributed by atoms with Gasteiger partial charge in [0.15, 0.2) is 0 Å². The number of aliphatic carboxylic acids is 1. The van der Waals surface area contributed by atoms with Gasteiger partial charge in [0.05, 0.1) is 0 Å². The minimum absolute atomic E-state index is 0.102. The lowest BCUT2D eigenvalue weighted by Crippen LogP contribution is -2.38. The van der Waals surface area contributed by atoms with Gasteiger partial charge in [-0.1, -0.05) is 56.6 Å². The number of rotatable bonds is 9. The Hall–Kier alpha value is -3.18. The fourth-order valence-electron chi connectivity index (χ4n) is 3.20. The van der Waals surface area contributed by atoms with Gasteiger partial charge >= 0.3 is 5.97 Å². The van der Waals surface area contributed by atoms with Crippen molar-refractivity contribution in [3.05, 3.63) is 88.9 Å². The first kappa shape index (κ1) is 24.5. The fourth-order valence-corrected chi connectivity index (χ4v) is 3.33. The Kier molecular flexibility index (Phi) is 7.54. The van der Waals surface area contributed by atoms with Gasteiger partial charge in [0.2, 0.25) is 5.60 Å². The normalized spacial score (nSPS) is 13.1. The highest BCUT2D eigenvalue weighted by Crippen LogP contribution is 2.30. The highest BCUT2D eigenvalue weighted by atomic mass is 35.5. The van der Waals surface area contributed by atoms with Gasteiger partial charge in [0.1, 0.15) is 30.5 Å². The number of carboxylic acids is 1. The molecule has 3 aromatic rings. The van der Waals surface area contributed by atoms with Crippen LogP contribution in [-0.2, 0) is 15.8 Å². The lowest BCUT2D eigenvalue weighted by molar-refractivity contribution is -0.154. The van der Waals surface area contributed by atoms with Gasteiger partial charge < -0.3 is 19.3 Å². The maximum absolute atomic E-state index is 12.0. The molecule has 1 N–H and O–H groups in total. The summed E-state index contributed by atoms with van der Waals surface area (Å²) >= 11 is 5.89. The van der Waals surface area contributed by atoms with Crippen molar-refractivity contribution in [1.82, 2.24) is 0 Å². The van der Waals surface area contributed by atoms with Crippen molar-refractivity contribution in [2.75, 3.05) is 13.2 Å². The SMILES string of the molecule is CC(C)(C)c1ccc(OCCOc2ccc(C(C)(Oc3ccc(Cl)cc3)C(=O)O)cc2)cc1. The molecule has 0 saturated carbocycles. The maximum Gasteiger partial charge on any atom is 0.352 e. The van der Waals surface area contributed by atoms with Crippen molar-refractivity contribution in [3.8, 4) is 17.2 Å². The zero-order valence-electron chi connectivity index (χ0n) is 19.3. The lowest BCUT2D eigenvalue weighted by atomic mass is 9.87. The average Bonchev–Trinajstić information content (AvgIpc) is 2.78. The van der Waals surface area contributed by atoms with Crippen LogP contribution in [-0.4, -0.2) is 24.3 Å². The Morgan fingerprint density at radius 3 is 1.58 bits per heavy atom. The van der Waals surface area contributed by atoms with E-state index in [0.717, 1.165) is 5.75 Å². The monoisotopic (exact) mass is 468 g/mol. The molecule has 0 amide bonds. The van der Waals surface area contributed by atoms with Crippen LogP contribution in [0.1, 0.15) is 38.8 Å². The minimum Gasteiger partial charge on any atom is -0.490 e. The van der Waals surface area contributed by atoms with Crippen molar-refractivity contribution in [1.29, 1.82) is 0 Å². The Balaban J connectivity index is 1.56. The third-order valence-electron chi connectivity index (χ3n) is 5.29. The molecule has 0 aliphatic rings. The molecule has 0 fully saturated rings. The molecule has 0 radical (unpaired) electrons. The lowest BCUT2D eigenvalue weighted by Gasteiger charge is -2.27. The van der Waals surface area contributed by atoms with Crippen molar-refractivity contribution in [2.24, 2.45) is 0 Å². The summed E-state index contributed by atoms with van der Waals surface area (Å²) in [7, 11) is 0. The van der Waals surface area contributed by atoms with Crippen LogP contribution in [0.25, 0.3) is 0 Å². The number of halogens is 1. The summed E-state index contributed by atoms with van der Waals surface area (Å²) in [5.74, 6) is 0.720. The van der Waals surface area contributed by atoms with Crippen LogP contribution in [0.15, 0.2) is 72.8 Å². The first-order chi connectivity index (χ1) is 15.6. The third kappa shape index (κ3) is 6.42. The molecule has 174 valence electrons. The molecule has 0 bridgehead atoms. The summed E-state index contributed by atoms with van der Waals surface area (Å²) in [5, 5.41) is 10.4. The van der Waals surface area contributed by atoms with E-state index >= 15 is 0 Å². The summed E-state index contributed by atoms with van der Waals surface area (Å²) in [5.41, 5.74) is 0.283. The van der Waals surface area contributed by atoms with Crippen LogP contribution in [0.4, 0.5) is 0 Å². The number of hydrogen-bond acceptors (Lipinski definition) is 4. The van der Waals surface area contributed by atoms with Gasteiger partial charge in [-0.25, -0.2) is 4.79 Å². The molecule has 6 heteroatoms. The predicted octanol–water partition coefficient (Wildman–Crippen LogP) is 6.47. The summed E-state index contributed by atoms with van der Waals surface area (Å²) in [6.07, 6.45) is 0. The molecule has 1 atom stereocenters. The Morgan fingerprint density at radius 1 is 0.727 bits per heavy atom. The van der Waals surface area contributed by atoms with Gasteiger partial charge in [-0.15, -0.1) is 0 Å². The fraction of sp³-hybridized carbons (Fsp3) is 0.296. The minimum atomic E-state index is -1.56. The van der Waals surface area contributed by atoms with Crippen LogP contribution < -0.4 is 14.2 Å². The van der Waals surface area contributed by atoms with Gasteiger partial charge in [0.25, 0.3) is 0 Å². The van der Waals surface area contributed by atoms with Gasteiger partial charge in [-0.2, -0.15) is 0 Å². The first-order valence-electron chi connectivity index (χ1n) is 10.7. The molecule has 1 unspecified atom stereocenters. The Labute approximate surface area is 199 Å². The molecule has 0 saturated heterocycles.